The third-order valence-corrected chi connectivity index (χ3v) is 7.86. The molecule has 0 heterocycles. The lowest BCUT2D eigenvalue weighted by Crippen LogP contribution is -2.45. The maximum absolute atomic E-state index is 13.0. The molecular formula is C31H54N2O6. The molecule has 4 atom stereocenters. The van der Waals surface area contributed by atoms with Gasteiger partial charge < -0.3 is 30.7 Å². The average molecular weight is 551 g/mol. The Morgan fingerprint density at radius 2 is 1.74 bits per heavy atom. The van der Waals surface area contributed by atoms with Crippen LogP contribution in [0.1, 0.15) is 78.9 Å². The standard InChI is InChI=1S/C31H54N2O6/c1-20(2)25(14-23-10-11-24(18-34)29(15-23)39-13-9-12-38-8)16-27(32)28(36)17-26(21(3)4)30(37)33-19-31(6,7)22(5)35/h10-11,15,20-21,25-28,34,36H,9,12-14,16-19,32H2,1-8H3,(H,33,37)/t25-,26-,27-,28-/m0/s1. The highest BCUT2D eigenvalue weighted by atomic mass is 16.5. The van der Waals surface area contributed by atoms with Crippen LogP contribution < -0.4 is 15.8 Å². The summed E-state index contributed by atoms with van der Waals surface area (Å²) < 4.78 is 11.0. The highest BCUT2D eigenvalue weighted by molar-refractivity contribution is 5.83. The van der Waals surface area contributed by atoms with Gasteiger partial charge in [-0.3, -0.25) is 9.59 Å². The van der Waals surface area contributed by atoms with Crippen LogP contribution >= 0.6 is 0 Å². The number of hydrogen-bond donors (Lipinski definition) is 4. The van der Waals surface area contributed by atoms with Gasteiger partial charge in [0.25, 0.3) is 0 Å². The number of hydrogen-bond acceptors (Lipinski definition) is 7. The fourth-order valence-electron chi connectivity index (χ4n) is 4.46. The van der Waals surface area contributed by atoms with E-state index in [9.17, 15) is 19.8 Å². The summed E-state index contributed by atoms with van der Waals surface area (Å²) in [4.78, 5) is 24.8. The molecule has 1 aromatic rings. The zero-order valence-corrected chi connectivity index (χ0v) is 25.5. The Kier molecular flexibility index (Phi) is 15.2. The molecule has 5 N–H and O–H groups in total. The van der Waals surface area contributed by atoms with E-state index in [2.05, 4.69) is 19.2 Å². The van der Waals surface area contributed by atoms with Gasteiger partial charge in [0.05, 0.1) is 19.3 Å². The molecule has 0 radical (unpaired) electrons. The molecular weight excluding hydrogens is 496 g/mol. The number of nitrogens with one attached hydrogen (secondary N) is 1. The van der Waals surface area contributed by atoms with E-state index in [1.165, 1.54) is 6.92 Å². The SMILES string of the molecule is COCCCOc1cc(C[C@@H](C[C@H](N)[C@@H](O)C[C@H](C(=O)NCC(C)(C)C(C)=O)C(C)C)C(C)C)ccc1CO. The molecule has 0 saturated heterocycles. The monoisotopic (exact) mass is 550 g/mol. The Hall–Kier alpha value is -2.00. The molecule has 0 unspecified atom stereocenters. The molecule has 0 aliphatic heterocycles. The summed E-state index contributed by atoms with van der Waals surface area (Å²) in [6.07, 6.45) is 1.56. The molecule has 0 spiro atoms. The fraction of sp³-hybridized carbons (Fsp3) is 0.742. The summed E-state index contributed by atoms with van der Waals surface area (Å²) in [5.41, 5.74) is 7.71. The molecule has 8 nitrogen and oxygen atoms in total. The lowest BCUT2D eigenvalue weighted by Gasteiger charge is -2.30. The van der Waals surface area contributed by atoms with E-state index >= 15 is 0 Å². The molecule has 1 aromatic carbocycles. The maximum atomic E-state index is 13.0. The van der Waals surface area contributed by atoms with Crippen LogP contribution in [0.2, 0.25) is 0 Å². The number of aliphatic hydroxyl groups excluding tert-OH is 2. The summed E-state index contributed by atoms with van der Waals surface area (Å²) in [6, 6.07) is 5.40. The Bertz CT molecular complexity index is 886. The van der Waals surface area contributed by atoms with E-state index < -0.39 is 23.5 Å². The Balaban J connectivity index is 2.87. The number of benzene rings is 1. The van der Waals surface area contributed by atoms with Crippen molar-refractivity contribution < 1.29 is 29.3 Å². The number of amides is 1. The summed E-state index contributed by atoms with van der Waals surface area (Å²) in [7, 11) is 1.66. The molecule has 1 amide bonds. The first-order valence-electron chi connectivity index (χ1n) is 14.3. The number of rotatable bonds is 19. The average Bonchev–Trinajstić information content (AvgIpc) is 2.87. The van der Waals surface area contributed by atoms with Crippen LogP contribution in [-0.2, 0) is 27.4 Å². The summed E-state index contributed by atoms with van der Waals surface area (Å²) in [5.74, 6) is 0.672. The van der Waals surface area contributed by atoms with Gasteiger partial charge in [0, 0.05) is 49.6 Å². The van der Waals surface area contributed by atoms with Gasteiger partial charge in [-0.15, -0.1) is 0 Å². The quantitative estimate of drug-likeness (QED) is 0.192. The number of carbonyl (C=O) groups is 2. The van der Waals surface area contributed by atoms with Crippen molar-refractivity contribution in [2.45, 2.75) is 92.9 Å². The van der Waals surface area contributed by atoms with Crippen molar-refractivity contribution in [1.29, 1.82) is 0 Å². The van der Waals surface area contributed by atoms with E-state index in [1.54, 1.807) is 7.11 Å². The first kappa shape index (κ1) is 35.0. The summed E-state index contributed by atoms with van der Waals surface area (Å²) in [6.45, 7) is 14.6. The van der Waals surface area contributed by atoms with Crippen molar-refractivity contribution in [2.24, 2.45) is 34.8 Å². The maximum Gasteiger partial charge on any atom is 0.223 e. The van der Waals surface area contributed by atoms with Crippen molar-refractivity contribution in [3.8, 4) is 5.75 Å². The van der Waals surface area contributed by atoms with E-state index in [1.807, 2.05) is 45.9 Å². The molecule has 224 valence electrons. The van der Waals surface area contributed by atoms with Gasteiger partial charge >= 0.3 is 0 Å². The van der Waals surface area contributed by atoms with Gasteiger partial charge in [-0.1, -0.05) is 53.7 Å². The van der Waals surface area contributed by atoms with Crippen molar-refractivity contribution in [3.63, 3.8) is 0 Å². The molecule has 39 heavy (non-hydrogen) atoms. The molecule has 0 saturated carbocycles. The number of aliphatic hydroxyl groups is 2. The van der Waals surface area contributed by atoms with Crippen molar-refractivity contribution in [1.82, 2.24) is 5.32 Å². The second kappa shape index (κ2) is 17.0. The van der Waals surface area contributed by atoms with Gasteiger partial charge in [-0.2, -0.15) is 0 Å². The number of methoxy groups -OCH3 is 1. The number of nitrogens with two attached hydrogens (primary N) is 1. The first-order chi connectivity index (χ1) is 18.2. The van der Waals surface area contributed by atoms with Crippen LogP contribution in [0.15, 0.2) is 18.2 Å². The van der Waals surface area contributed by atoms with Gasteiger partial charge in [0.2, 0.25) is 5.91 Å². The van der Waals surface area contributed by atoms with Crippen LogP contribution in [-0.4, -0.2) is 60.9 Å². The predicted molar refractivity (Wildman–Crippen MR) is 155 cm³/mol. The molecule has 0 fully saturated rings. The zero-order valence-electron chi connectivity index (χ0n) is 25.5. The van der Waals surface area contributed by atoms with Crippen molar-refractivity contribution in [2.75, 3.05) is 26.9 Å². The Labute approximate surface area is 236 Å². The normalized spacial score (nSPS) is 15.2. The number of ether oxygens (including phenoxy) is 2. The van der Waals surface area contributed by atoms with Crippen LogP contribution in [0.3, 0.4) is 0 Å². The summed E-state index contributed by atoms with van der Waals surface area (Å²) >= 11 is 0. The second-order valence-electron chi connectivity index (χ2n) is 12.2. The van der Waals surface area contributed by atoms with E-state index in [0.717, 1.165) is 24.0 Å². The lowest BCUT2D eigenvalue weighted by atomic mass is 9.80. The largest absolute Gasteiger partial charge is 0.493 e. The number of carbonyl (C=O) groups excluding carboxylic acids is 2. The first-order valence-corrected chi connectivity index (χ1v) is 14.3. The van der Waals surface area contributed by atoms with Crippen LogP contribution in [0.4, 0.5) is 0 Å². The predicted octanol–water partition coefficient (Wildman–Crippen LogP) is 3.88. The smallest absolute Gasteiger partial charge is 0.223 e. The number of Topliss-reactive ketones (excluding diaryl/α,β-unsaturated/α-hetero) is 1. The molecule has 0 aromatic heterocycles. The molecule has 0 aliphatic carbocycles. The zero-order chi connectivity index (χ0) is 29.8. The topological polar surface area (TPSA) is 131 Å². The fourth-order valence-corrected chi connectivity index (χ4v) is 4.46. The molecule has 8 heteroatoms. The van der Waals surface area contributed by atoms with Gasteiger partial charge in [-0.25, -0.2) is 0 Å². The van der Waals surface area contributed by atoms with E-state index in [4.69, 9.17) is 15.2 Å². The van der Waals surface area contributed by atoms with Crippen LogP contribution in [0.5, 0.6) is 5.75 Å². The molecule has 1 rings (SSSR count). The van der Waals surface area contributed by atoms with Crippen LogP contribution in [0, 0.1) is 29.1 Å². The Morgan fingerprint density at radius 3 is 2.28 bits per heavy atom. The highest BCUT2D eigenvalue weighted by Gasteiger charge is 2.31. The summed E-state index contributed by atoms with van der Waals surface area (Å²) in [5, 5.41) is 23.7. The lowest BCUT2D eigenvalue weighted by molar-refractivity contribution is -0.129. The second-order valence-corrected chi connectivity index (χ2v) is 12.2. The van der Waals surface area contributed by atoms with Crippen molar-refractivity contribution in [3.05, 3.63) is 29.3 Å². The van der Waals surface area contributed by atoms with Gasteiger partial charge in [0.15, 0.2) is 0 Å². The Morgan fingerprint density at radius 1 is 1.08 bits per heavy atom. The highest BCUT2D eigenvalue weighted by Crippen LogP contribution is 2.29. The van der Waals surface area contributed by atoms with E-state index in [-0.39, 0.29) is 43.1 Å². The molecule has 0 aliphatic rings. The third kappa shape index (κ3) is 12.0. The minimum Gasteiger partial charge on any atom is -0.493 e. The molecule has 0 bridgehead atoms. The third-order valence-electron chi connectivity index (χ3n) is 7.86. The number of ketones is 1. The minimum absolute atomic E-state index is 0.0144. The van der Waals surface area contributed by atoms with Crippen LogP contribution in [0.25, 0.3) is 0 Å². The minimum atomic E-state index is -0.832. The van der Waals surface area contributed by atoms with E-state index in [0.29, 0.717) is 31.3 Å². The van der Waals surface area contributed by atoms with Gasteiger partial charge in [0.1, 0.15) is 11.5 Å². The van der Waals surface area contributed by atoms with Gasteiger partial charge in [-0.05, 0) is 55.6 Å². The van der Waals surface area contributed by atoms with Crippen molar-refractivity contribution >= 4 is 11.7 Å².